The third kappa shape index (κ3) is 4.48. The van der Waals surface area contributed by atoms with Gasteiger partial charge >= 0.3 is 0 Å². The van der Waals surface area contributed by atoms with E-state index in [1.54, 1.807) is 7.11 Å². The Labute approximate surface area is 123 Å². The maximum Gasteiger partial charge on any atom is 0.133 e. The van der Waals surface area contributed by atoms with E-state index >= 15 is 0 Å². The topological polar surface area (TPSA) is 38.7 Å². The van der Waals surface area contributed by atoms with Gasteiger partial charge in [-0.3, -0.25) is 0 Å². The molecule has 1 aliphatic rings. The van der Waals surface area contributed by atoms with Crippen molar-refractivity contribution in [3.63, 3.8) is 0 Å². The number of rotatable bonds is 6. The van der Waals surface area contributed by atoms with Crippen molar-refractivity contribution in [1.29, 1.82) is 0 Å². The first-order valence-electron chi connectivity index (χ1n) is 6.81. The molecule has 1 aromatic carbocycles. The molecule has 1 fully saturated rings. The molecule has 1 aromatic rings. The number of hydrogen-bond donors (Lipinski definition) is 1. The molecule has 106 valence electrons. The molecule has 2 atom stereocenters. The molecule has 0 aromatic heterocycles. The van der Waals surface area contributed by atoms with Crippen molar-refractivity contribution >= 4 is 15.9 Å². The molecule has 0 saturated carbocycles. The van der Waals surface area contributed by atoms with Crippen molar-refractivity contribution in [2.24, 2.45) is 0 Å². The lowest BCUT2D eigenvalue weighted by Crippen LogP contribution is -2.15. The highest BCUT2D eigenvalue weighted by atomic mass is 79.9. The first-order valence-corrected chi connectivity index (χ1v) is 7.60. The second kappa shape index (κ2) is 7.27. The Morgan fingerprint density at radius 3 is 3.00 bits per heavy atom. The predicted octanol–water partition coefficient (Wildman–Crippen LogP) is 3.32. The van der Waals surface area contributed by atoms with Crippen LogP contribution in [0.1, 0.15) is 31.2 Å². The maximum atomic E-state index is 10.1. The van der Waals surface area contributed by atoms with Gasteiger partial charge in [0.1, 0.15) is 5.75 Å². The Morgan fingerprint density at radius 1 is 1.53 bits per heavy atom. The van der Waals surface area contributed by atoms with Crippen LogP contribution in [0.2, 0.25) is 0 Å². The van der Waals surface area contributed by atoms with Gasteiger partial charge in [0, 0.05) is 6.61 Å². The van der Waals surface area contributed by atoms with Crippen molar-refractivity contribution < 1.29 is 14.6 Å². The molecule has 19 heavy (non-hydrogen) atoms. The summed E-state index contributed by atoms with van der Waals surface area (Å²) in [4.78, 5) is 0. The van der Waals surface area contributed by atoms with Crippen molar-refractivity contribution in [2.45, 2.75) is 44.3 Å². The van der Waals surface area contributed by atoms with E-state index in [1.165, 1.54) is 0 Å². The summed E-state index contributed by atoms with van der Waals surface area (Å²) in [6.45, 7) is 0.881. The normalized spacial score (nSPS) is 20.5. The van der Waals surface area contributed by atoms with Crippen LogP contribution in [0.3, 0.4) is 0 Å². The highest BCUT2D eigenvalue weighted by molar-refractivity contribution is 9.10. The average molecular weight is 329 g/mol. The largest absolute Gasteiger partial charge is 0.496 e. The van der Waals surface area contributed by atoms with Gasteiger partial charge in [-0.1, -0.05) is 6.07 Å². The number of aliphatic hydroxyl groups excluding tert-OH is 1. The molecule has 2 unspecified atom stereocenters. The number of benzene rings is 1. The van der Waals surface area contributed by atoms with Gasteiger partial charge in [0.15, 0.2) is 0 Å². The summed E-state index contributed by atoms with van der Waals surface area (Å²) in [7, 11) is 1.65. The van der Waals surface area contributed by atoms with Gasteiger partial charge in [-0.2, -0.15) is 0 Å². The van der Waals surface area contributed by atoms with E-state index in [2.05, 4.69) is 15.9 Å². The summed E-state index contributed by atoms with van der Waals surface area (Å²) >= 11 is 3.46. The molecular weight excluding hydrogens is 308 g/mol. The highest BCUT2D eigenvalue weighted by Crippen LogP contribution is 2.26. The predicted molar refractivity (Wildman–Crippen MR) is 78.6 cm³/mol. The van der Waals surface area contributed by atoms with Crippen LogP contribution in [-0.2, 0) is 11.2 Å². The Hall–Kier alpha value is -0.580. The lowest BCUT2D eigenvalue weighted by atomic mass is 10.0. The van der Waals surface area contributed by atoms with Crippen LogP contribution >= 0.6 is 15.9 Å². The Morgan fingerprint density at radius 2 is 2.37 bits per heavy atom. The summed E-state index contributed by atoms with van der Waals surface area (Å²) in [5.41, 5.74) is 1.12. The third-order valence-electron chi connectivity index (χ3n) is 3.53. The van der Waals surface area contributed by atoms with Crippen LogP contribution in [0.5, 0.6) is 5.75 Å². The fourth-order valence-corrected chi connectivity index (χ4v) is 3.05. The summed E-state index contributed by atoms with van der Waals surface area (Å²) in [5.74, 6) is 0.817. The standard InChI is InChI=1S/C15H21BrO3/c1-18-15-7-4-11(10-14(15)16)9-12(17)5-6-13-3-2-8-19-13/h4,7,10,12-13,17H,2-3,5-6,8-9H2,1H3. The molecule has 1 aliphatic heterocycles. The zero-order valence-electron chi connectivity index (χ0n) is 11.3. The van der Waals surface area contributed by atoms with Gasteiger partial charge in [0.2, 0.25) is 0 Å². The Kier molecular flexibility index (Phi) is 5.67. The molecule has 0 amide bonds. The fourth-order valence-electron chi connectivity index (χ4n) is 2.46. The lowest BCUT2D eigenvalue weighted by molar-refractivity contribution is 0.0813. The quantitative estimate of drug-likeness (QED) is 0.870. The number of ether oxygens (including phenoxy) is 2. The molecule has 1 N–H and O–H groups in total. The first kappa shape index (κ1) is 14.8. The fraction of sp³-hybridized carbons (Fsp3) is 0.600. The summed E-state index contributed by atoms with van der Waals surface area (Å²) in [6.07, 6.45) is 4.79. The van der Waals surface area contributed by atoms with E-state index in [1.807, 2.05) is 18.2 Å². The molecule has 0 aliphatic carbocycles. The van der Waals surface area contributed by atoms with Gasteiger partial charge in [-0.05, 0) is 65.7 Å². The number of methoxy groups -OCH3 is 1. The molecule has 3 nitrogen and oxygen atoms in total. The SMILES string of the molecule is COc1ccc(CC(O)CCC2CCCO2)cc1Br. The molecule has 4 heteroatoms. The van der Waals surface area contributed by atoms with Crippen LogP contribution < -0.4 is 4.74 Å². The minimum Gasteiger partial charge on any atom is -0.496 e. The molecule has 0 spiro atoms. The first-order chi connectivity index (χ1) is 9.19. The van der Waals surface area contributed by atoms with Crippen molar-refractivity contribution in [3.8, 4) is 5.75 Å². The molecular formula is C15H21BrO3. The van der Waals surface area contributed by atoms with Crippen LogP contribution in [0.15, 0.2) is 22.7 Å². The van der Waals surface area contributed by atoms with Gasteiger partial charge in [0.05, 0.1) is 23.8 Å². The van der Waals surface area contributed by atoms with Crippen LogP contribution in [0.4, 0.5) is 0 Å². The van der Waals surface area contributed by atoms with E-state index in [-0.39, 0.29) is 6.10 Å². The van der Waals surface area contributed by atoms with Crippen molar-refractivity contribution in [2.75, 3.05) is 13.7 Å². The Balaban J connectivity index is 1.80. The van der Waals surface area contributed by atoms with Gasteiger partial charge in [-0.15, -0.1) is 0 Å². The minimum absolute atomic E-state index is 0.301. The van der Waals surface area contributed by atoms with Crippen LogP contribution in [-0.4, -0.2) is 31.0 Å². The smallest absolute Gasteiger partial charge is 0.133 e. The zero-order valence-corrected chi connectivity index (χ0v) is 12.9. The summed E-state index contributed by atoms with van der Waals surface area (Å²) in [5, 5.41) is 10.1. The van der Waals surface area contributed by atoms with Crippen LogP contribution in [0.25, 0.3) is 0 Å². The van der Waals surface area contributed by atoms with E-state index in [4.69, 9.17) is 9.47 Å². The second-order valence-electron chi connectivity index (χ2n) is 5.04. The molecule has 1 heterocycles. The number of hydrogen-bond acceptors (Lipinski definition) is 3. The van der Waals surface area contributed by atoms with Gasteiger partial charge < -0.3 is 14.6 Å². The Bertz CT molecular complexity index is 402. The van der Waals surface area contributed by atoms with E-state index in [0.717, 1.165) is 48.1 Å². The van der Waals surface area contributed by atoms with Gasteiger partial charge in [0.25, 0.3) is 0 Å². The summed E-state index contributed by atoms with van der Waals surface area (Å²) in [6, 6.07) is 5.93. The van der Waals surface area contributed by atoms with E-state index in [0.29, 0.717) is 12.5 Å². The summed E-state index contributed by atoms with van der Waals surface area (Å²) < 4.78 is 11.7. The highest BCUT2D eigenvalue weighted by Gasteiger charge is 2.17. The third-order valence-corrected chi connectivity index (χ3v) is 4.15. The molecule has 1 saturated heterocycles. The van der Waals surface area contributed by atoms with Crippen molar-refractivity contribution in [3.05, 3.63) is 28.2 Å². The molecule has 0 bridgehead atoms. The van der Waals surface area contributed by atoms with E-state index < -0.39 is 0 Å². The lowest BCUT2D eigenvalue weighted by Gasteiger charge is -2.14. The van der Waals surface area contributed by atoms with Gasteiger partial charge in [-0.25, -0.2) is 0 Å². The molecule has 0 radical (unpaired) electrons. The zero-order chi connectivity index (χ0) is 13.7. The van der Waals surface area contributed by atoms with E-state index in [9.17, 15) is 5.11 Å². The minimum atomic E-state index is -0.301. The molecule has 2 rings (SSSR count). The second-order valence-corrected chi connectivity index (χ2v) is 5.89. The monoisotopic (exact) mass is 328 g/mol. The average Bonchev–Trinajstić information content (AvgIpc) is 2.90. The maximum absolute atomic E-state index is 10.1. The van der Waals surface area contributed by atoms with Crippen LogP contribution in [0, 0.1) is 0 Å². The number of halogens is 1. The van der Waals surface area contributed by atoms with Crippen molar-refractivity contribution in [1.82, 2.24) is 0 Å². The number of aliphatic hydroxyl groups is 1.